The van der Waals surface area contributed by atoms with Gasteiger partial charge in [0.2, 0.25) is 0 Å². The number of H-pyrrole nitrogens is 1. The lowest BCUT2D eigenvalue weighted by atomic mass is 9.74. The molecular formula is C24H28N2O2. The number of aliphatic hydroxyl groups is 1. The molecule has 1 fully saturated rings. The first-order valence-corrected chi connectivity index (χ1v) is 10.0. The summed E-state index contributed by atoms with van der Waals surface area (Å²) in [6.07, 6.45) is 2.52. The Hall–Kier alpha value is -2.59. The van der Waals surface area contributed by atoms with Gasteiger partial charge in [-0.15, -0.1) is 0 Å². The van der Waals surface area contributed by atoms with Crippen LogP contribution in [0.5, 0.6) is 0 Å². The number of aryl methyl sites for hydroxylation is 2. The molecular weight excluding hydrogens is 348 g/mol. The number of aromatic nitrogens is 1. The van der Waals surface area contributed by atoms with E-state index >= 15 is 0 Å². The second kappa shape index (κ2) is 7.44. The Labute approximate surface area is 166 Å². The minimum absolute atomic E-state index is 0.0893. The standard InChI is InChI=1S/C24H28N2O2/c1-17-18(2)25-22-9-8-20(14-21(17)22)23(28)26-12-10-24(16-27,11-13-26)15-19-6-4-3-5-7-19/h3-9,14,25,27H,10-13,15-16H2,1-2H3. The fourth-order valence-corrected chi connectivity index (χ4v) is 4.38. The van der Waals surface area contributed by atoms with Gasteiger partial charge in [-0.3, -0.25) is 4.79 Å². The zero-order chi connectivity index (χ0) is 19.7. The van der Waals surface area contributed by atoms with Crippen LogP contribution in [-0.4, -0.2) is 40.6 Å². The van der Waals surface area contributed by atoms with Crippen LogP contribution in [0.15, 0.2) is 48.5 Å². The van der Waals surface area contributed by atoms with Gasteiger partial charge < -0.3 is 15.0 Å². The molecule has 0 spiro atoms. The fourth-order valence-electron chi connectivity index (χ4n) is 4.38. The molecule has 0 bridgehead atoms. The van der Waals surface area contributed by atoms with Crippen LogP contribution in [0.2, 0.25) is 0 Å². The van der Waals surface area contributed by atoms with Gasteiger partial charge in [0, 0.05) is 47.3 Å². The second-order valence-electron chi connectivity index (χ2n) is 8.25. The quantitative estimate of drug-likeness (QED) is 0.715. The molecule has 2 heterocycles. The SMILES string of the molecule is Cc1[nH]c2ccc(C(=O)N3CCC(CO)(Cc4ccccc4)CC3)cc2c1C. The van der Waals surface area contributed by atoms with E-state index < -0.39 is 0 Å². The average Bonchev–Trinajstić information content (AvgIpc) is 3.02. The number of carbonyl (C=O) groups is 1. The van der Waals surface area contributed by atoms with E-state index in [1.165, 1.54) is 11.1 Å². The Balaban J connectivity index is 1.48. The summed E-state index contributed by atoms with van der Waals surface area (Å²) in [7, 11) is 0. The number of nitrogens with zero attached hydrogens (tertiary/aromatic N) is 1. The molecule has 4 rings (SSSR count). The number of aliphatic hydroxyl groups excluding tert-OH is 1. The third-order valence-corrected chi connectivity index (χ3v) is 6.42. The van der Waals surface area contributed by atoms with Crippen LogP contribution >= 0.6 is 0 Å². The Kier molecular flexibility index (Phi) is 4.98. The highest BCUT2D eigenvalue weighted by molar-refractivity contribution is 5.99. The molecule has 0 atom stereocenters. The van der Waals surface area contributed by atoms with Crippen molar-refractivity contribution in [2.75, 3.05) is 19.7 Å². The largest absolute Gasteiger partial charge is 0.396 e. The molecule has 0 saturated carbocycles. The first kappa shape index (κ1) is 18.8. The van der Waals surface area contributed by atoms with E-state index in [9.17, 15) is 9.90 Å². The molecule has 4 heteroatoms. The highest BCUT2D eigenvalue weighted by atomic mass is 16.3. The van der Waals surface area contributed by atoms with Crippen LogP contribution in [0.4, 0.5) is 0 Å². The topological polar surface area (TPSA) is 56.3 Å². The number of hydrogen-bond donors (Lipinski definition) is 2. The van der Waals surface area contributed by atoms with Crippen LogP contribution in [-0.2, 0) is 6.42 Å². The summed E-state index contributed by atoms with van der Waals surface area (Å²) in [6.45, 7) is 5.69. The first-order valence-electron chi connectivity index (χ1n) is 10.0. The van der Waals surface area contributed by atoms with Gasteiger partial charge in [0.05, 0.1) is 0 Å². The summed E-state index contributed by atoms with van der Waals surface area (Å²) in [5.74, 6) is 0.0893. The Morgan fingerprint density at radius 3 is 2.50 bits per heavy atom. The number of rotatable bonds is 4. The number of carbonyl (C=O) groups excluding carboxylic acids is 1. The fraction of sp³-hybridized carbons (Fsp3) is 0.375. The number of nitrogens with one attached hydrogen (secondary N) is 1. The molecule has 0 aliphatic carbocycles. The maximum absolute atomic E-state index is 13.1. The zero-order valence-electron chi connectivity index (χ0n) is 16.7. The van der Waals surface area contributed by atoms with E-state index in [4.69, 9.17) is 0 Å². The number of benzene rings is 2. The average molecular weight is 377 g/mol. The highest BCUT2D eigenvalue weighted by Gasteiger charge is 2.35. The monoisotopic (exact) mass is 376 g/mol. The molecule has 1 amide bonds. The number of amides is 1. The summed E-state index contributed by atoms with van der Waals surface area (Å²) in [5, 5.41) is 11.2. The second-order valence-corrected chi connectivity index (χ2v) is 8.25. The molecule has 2 N–H and O–H groups in total. The summed E-state index contributed by atoms with van der Waals surface area (Å²) >= 11 is 0. The van der Waals surface area contributed by atoms with Crippen LogP contribution in [0.25, 0.3) is 10.9 Å². The van der Waals surface area contributed by atoms with Gasteiger partial charge in [0.25, 0.3) is 5.91 Å². The van der Waals surface area contributed by atoms with Crippen molar-refractivity contribution in [3.05, 3.63) is 70.9 Å². The van der Waals surface area contributed by atoms with Crippen molar-refractivity contribution in [1.29, 1.82) is 0 Å². The number of fused-ring (bicyclic) bond motifs is 1. The molecule has 3 aromatic rings. The molecule has 4 nitrogen and oxygen atoms in total. The zero-order valence-corrected chi connectivity index (χ0v) is 16.7. The predicted molar refractivity (Wildman–Crippen MR) is 113 cm³/mol. The van der Waals surface area contributed by atoms with E-state index in [2.05, 4.69) is 31.0 Å². The summed E-state index contributed by atoms with van der Waals surface area (Å²) in [6, 6.07) is 16.3. The molecule has 0 radical (unpaired) electrons. The van der Waals surface area contributed by atoms with Gasteiger partial charge in [-0.05, 0) is 62.4 Å². The smallest absolute Gasteiger partial charge is 0.253 e. The number of likely N-dealkylation sites (tertiary alicyclic amines) is 1. The summed E-state index contributed by atoms with van der Waals surface area (Å²) in [5.41, 5.74) is 5.29. The van der Waals surface area contributed by atoms with Crippen molar-refractivity contribution in [3.8, 4) is 0 Å². The summed E-state index contributed by atoms with van der Waals surface area (Å²) < 4.78 is 0. The normalized spacial score (nSPS) is 16.5. The van der Waals surface area contributed by atoms with Crippen molar-refractivity contribution in [3.63, 3.8) is 0 Å². The molecule has 1 aliphatic rings. The summed E-state index contributed by atoms with van der Waals surface area (Å²) in [4.78, 5) is 18.4. The van der Waals surface area contributed by atoms with Crippen LogP contribution in [0.3, 0.4) is 0 Å². The van der Waals surface area contributed by atoms with E-state index in [1.807, 2.05) is 41.3 Å². The molecule has 146 valence electrons. The van der Waals surface area contributed by atoms with Gasteiger partial charge in [0.1, 0.15) is 0 Å². The third-order valence-electron chi connectivity index (χ3n) is 6.42. The highest BCUT2D eigenvalue weighted by Crippen LogP contribution is 2.35. The number of aromatic amines is 1. The van der Waals surface area contributed by atoms with Crippen molar-refractivity contribution in [1.82, 2.24) is 9.88 Å². The molecule has 1 aliphatic heterocycles. The Bertz CT molecular complexity index is 983. The van der Waals surface area contributed by atoms with E-state index in [0.29, 0.717) is 13.1 Å². The molecule has 1 saturated heterocycles. The number of hydrogen-bond acceptors (Lipinski definition) is 2. The maximum Gasteiger partial charge on any atom is 0.253 e. The molecule has 28 heavy (non-hydrogen) atoms. The molecule has 1 aromatic heterocycles. The lowest BCUT2D eigenvalue weighted by Gasteiger charge is -2.41. The van der Waals surface area contributed by atoms with Crippen molar-refractivity contribution in [2.45, 2.75) is 33.1 Å². The minimum atomic E-state index is -0.129. The first-order chi connectivity index (χ1) is 13.5. The van der Waals surface area contributed by atoms with Crippen molar-refractivity contribution >= 4 is 16.8 Å². The van der Waals surface area contributed by atoms with Gasteiger partial charge in [-0.1, -0.05) is 30.3 Å². The molecule has 2 aromatic carbocycles. The molecule has 0 unspecified atom stereocenters. The lowest BCUT2D eigenvalue weighted by molar-refractivity contribution is 0.0358. The van der Waals surface area contributed by atoms with Crippen LogP contribution in [0, 0.1) is 19.3 Å². The lowest BCUT2D eigenvalue weighted by Crippen LogP contribution is -2.45. The van der Waals surface area contributed by atoms with E-state index in [1.54, 1.807) is 0 Å². The van der Waals surface area contributed by atoms with Gasteiger partial charge >= 0.3 is 0 Å². The van der Waals surface area contributed by atoms with Gasteiger partial charge in [-0.25, -0.2) is 0 Å². The van der Waals surface area contributed by atoms with E-state index in [0.717, 1.165) is 41.4 Å². The van der Waals surface area contributed by atoms with Crippen molar-refractivity contribution in [2.24, 2.45) is 5.41 Å². The predicted octanol–water partition coefficient (Wildman–Crippen LogP) is 4.24. The Morgan fingerprint density at radius 1 is 1.11 bits per heavy atom. The van der Waals surface area contributed by atoms with Crippen LogP contribution < -0.4 is 0 Å². The van der Waals surface area contributed by atoms with Gasteiger partial charge in [-0.2, -0.15) is 0 Å². The minimum Gasteiger partial charge on any atom is -0.396 e. The van der Waals surface area contributed by atoms with Crippen LogP contribution in [0.1, 0.15) is 40.0 Å². The maximum atomic E-state index is 13.1. The number of piperidine rings is 1. The Morgan fingerprint density at radius 2 is 1.82 bits per heavy atom. The van der Waals surface area contributed by atoms with Crippen molar-refractivity contribution < 1.29 is 9.90 Å². The van der Waals surface area contributed by atoms with E-state index in [-0.39, 0.29) is 17.9 Å². The van der Waals surface area contributed by atoms with Gasteiger partial charge in [0.15, 0.2) is 0 Å². The third kappa shape index (κ3) is 3.45.